The standard InChI is InChI=1S/C21H26ClN3O/c1-2-19-8-3-4-11-25(19)20-13-17(14-23-15-20)21(26)24-10-9-16-6-5-7-18(22)12-16/h5-7,12-15,19H,2-4,8-11H2,1H3,(H,24,26). The van der Waals surface area contributed by atoms with Gasteiger partial charge in [-0.1, -0.05) is 30.7 Å². The van der Waals surface area contributed by atoms with Gasteiger partial charge in [0.05, 0.1) is 17.4 Å². The average Bonchev–Trinajstić information content (AvgIpc) is 2.68. The van der Waals surface area contributed by atoms with E-state index in [1.807, 2.05) is 36.5 Å². The van der Waals surface area contributed by atoms with Crippen LogP contribution in [0.2, 0.25) is 5.02 Å². The molecule has 0 aliphatic carbocycles. The summed E-state index contributed by atoms with van der Waals surface area (Å²) in [6.07, 6.45) is 9.09. The summed E-state index contributed by atoms with van der Waals surface area (Å²) in [5.74, 6) is -0.0774. The normalized spacial score (nSPS) is 17.2. The Balaban J connectivity index is 1.61. The first kappa shape index (κ1) is 18.7. The molecule has 1 aromatic heterocycles. The van der Waals surface area contributed by atoms with Crippen LogP contribution < -0.4 is 10.2 Å². The van der Waals surface area contributed by atoms with Gasteiger partial charge in [-0.15, -0.1) is 0 Å². The number of aromatic nitrogens is 1. The second-order valence-corrected chi connectivity index (χ2v) is 7.26. The second-order valence-electron chi connectivity index (χ2n) is 6.82. The Labute approximate surface area is 160 Å². The van der Waals surface area contributed by atoms with E-state index >= 15 is 0 Å². The smallest absolute Gasteiger partial charge is 0.252 e. The fraction of sp³-hybridized carbons (Fsp3) is 0.429. The molecule has 2 heterocycles. The topological polar surface area (TPSA) is 45.2 Å². The van der Waals surface area contributed by atoms with Crippen molar-refractivity contribution in [2.45, 2.75) is 45.1 Å². The summed E-state index contributed by atoms with van der Waals surface area (Å²) in [4.78, 5) is 19.2. The summed E-state index contributed by atoms with van der Waals surface area (Å²) >= 11 is 6.00. The van der Waals surface area contributed by atoms with Gasteiger partial charge in [0.2, 0.25) is 0 Å². The van der Waals surface area contributed by atoms with Crippen LogP contribution in [0.4, 0.5) is 5.69 Å². The Morgan fingerprint density at radius 2 is 2.19 bits per heavy atom. The molecule has 1 aliphatic rings. The zero-order chi connectivity index (χ0) is 18.4. The van der Waals surface area contributed by atoms with Crippen LogP contribution in [0.5, 0.6) is 0 Å². The first-order valence-corrected chi connectivity index (χ1v) is 9.79. The number of pyridine rings is 1. The molecule has 1 atom stereocenters. The first-order valence-electron chi connectivity index (χ1n) is 9.41. The van der Waals surface area contributed by atoms with Gasteiger partial charge in [-0.2, -0.15) is 0 Å². The molecule has 0 saturated carbocycles. The van der Waals surface area contributed by atoms with E-state index in [0.29, 0.717) is 18.2 Å². The quantitative estimate of drug-likeness (QED) is 0.814. The molecule has 138 valence electrons. The van der Waals surface area contributed by atoms with E-state index in [-0.39, 0.29) is 5.91 Å². The van der Waals surface area contributed by atoms with Crippen molar-refractivity contribution < 1.29 is 4.79 Å². The van der Waals surface area contributed by atoms with Crippen molar-refractivity contribution in [2.75, 3.05) is 18.0 Å². The molecular formula is C21H26ClN3O. The zero-order valence-corrected chi connectivity index (χ0v) is 16.0. The van der Waals surface area contributed by atoms with Crippen molar-refractivity contribution in [3.8, 4) is 0 Å². The van der Waals surface area contributed by atoms with Gasteiger partial charge in [0.15, 0.2) is 0 Å². The van der Waals surface area contributed by atoms with Gasteiger partial charge in [0.25, 0.3) is 5.91 Å². The van der Waals surface area contributed by atoms with Gasteiger partial charge >= 0.3 is 0 Å². The molecule has 1 aromatic carbocycles. The van der Waals surface area contributed by atoms with Gasteiger partial charge in [-0.25, -0.2) is 0 Å². The zero-order valence-electron chi connectivity index (χ0n) is 15.2. The Kier molecular flexibility index (Phi) is 6.51. The SMILES string of the molecule is CCC1CCCCN1c1cncc(C(=O)NCCc2cccc(Cl)c2)c1. The third kappa shape index (κ3) is 4.76. The Morgan fingerprint density at radius 1 is 1.31 bits per heavy atom. The number of hydrogen-bond donors (Lipinski definition) is 1. The van der Waals surface area contributed by atoms with Gasteiger partial charge < -0.3 is 10.2 Å². The summed E-state index contributed by atoms with van der Waals surface area (Å²) in [5, 5.41) is 3.70. The van der Waals surface area contributed by atoms with Gasteiger partial charge in [0.1, 0.15) is 0 Å². The lowest BCUT2D eigenvalue weighted by molar-refractivity contribution is 0.0954. The van der Waals surface area contributed by atoms with Gasteiger partial charge in [0, 0.05) is 30.4 Å². The molecule has 3 rings (SSSR count). The van der Waals surface area contributed by atoms with Crippen LogP contribution in [0.15, 0.2) is 42.7 Å². The van der Waals surface area contributed by atoms with Crippen molar-refractivity contribution in [2.24, 2.45) is 0 Å². The fourth-order valence-corrected chi connectivity index (χ4v) is 3.80. The molecule has 5 heteroatoms. The largest absolute Gasteiger partial charge is 0.367 e. The number of nitrogens with one attached hydrogen (secondary N) is 1. The highest BCUT2D eigenvalue weighted by Gasteiger charge is 2.22. The number of carbonyl (C=O) groups excluding carboxylic acids is 1. The number of hydrogen-bond acceptors (Lipinski definition) is 3. The Morgan fingerprint density at radius 3 is 3.00 bits per heavy atom. The highest BCUT2D eigenvalue weighted by Crippen LogP contribution is 2.26. The highest BCUT2D eigenvalue weighted by molar-refractivity contribution is 6.30. The van der Waals surface area contributed by atoms with Crippen molar-refractivity contribution in [3.63, 3.8) is 0 Å². The molecule has 0 radical (unpaired) electrons. The predicted octanol–water partition coefficient (Wildman–Crippen LogP) is 4.48. The number of benzene rings is 1. The molecule has 4 nitrogen and oxygen atoms in total. The molecule has 1 fully saturated rings. The summed E-state index contributed by atoms with van der Waals surface area (Å²) in [5.41, 5.74) is 2.79. The molecule has 0 spiro atoms. The number of amides is 1. The van der Waals surface area contributed by atoms with Crippen molar-refractivity contribution in [1.82, 2.24) is 10.3 Å². The van der Waals surface area contributed by atoms with E-state index in [1.54, 1.807) is 6.20 Å². The summed E-state index contributed by atoms with van der Waals surface area (Å²) in [7, 11) is 0. The number of anilines is 1. The molecular weight excluding hydrogens is 346 g/mol. The van der Waals surface area contributed by atoms with Crippen molar-refractivity contribution in [1.29, 1.82) is 0 Å². The molecule has 26 heavy (non-hydrogen) atoms. The maximum Gasteiger partial charge on any atom is 0.252 e. The lowest BCUT2D eigenvalue weighted by Crippen LogP contribution is -2.39. The monoisotopic (exact) mass is 371 g/mol. The van der Waals surface area contributed by atoms with E-state index in [9.17, 15) is 4.79 Å². The summed E-state index contributed by atoms with van der Waals surface area (Å²) < 4.78 is 0. The lowest BCUT2D eigenvalue weighted by Gasteiger charge is -2.37. The van der Waals surface area contributed by atoms with E-state index in [2.05, 4.69) is 22.1 Å². The summed E-state index contributed by atoms with van der Waals surface area (Å²) in [6.45, 7) is 3.84. The van der Waals surface area contributed by atoms with E-state index in [1.165, 1.54) is 19.3 Å². The molecule has 1 aliphatic heterocycles. The Bertz CT molecular complexity index is 750. The molecule has 1 unspecified atom stereocenters. The van der Waals surface area contributed by atoms with Crippen molar-refractivity contribution >= 4 is 23.2 Å². The van der Waals surface area contributed by atoms with E-state index in [4.69, 9.17) is 11.6 Å². The third-order valence-corrected chi connectivity index (χ3v) is 5.24. The predicted molar refractivity (Wildman–Crippen MR) is 107 cm³/mol. The highest BCUT2D eigenvalue weighted by atomic mass is 35.5. The van der Waals surface area contributed by atoms with Gasteiger partial charge in [-0.3, -0.25) is 9.78 Å². The van der Waals surface area contributed by atoms with Crippen LogP contribution in [0, 0.1) is 0 Å². The lowest BCUT2D eigenvalue weighted by atomic mass is 9.99. The molecule has 0 bridgehead atoms. The first-order chi connectivity index (χ1) is 12.7. The molecule has 1 amide bonds. The van der Waals surface area contributed by atoms with Crippen LogP contribution >= 0.6 is 11.6 Å². The molecule has 1 N–H and O–H groups in total. The van der Waals surface area contributed by atoms with Crippen LogP contribution in [0.3, 0.4) is 0 Å². The minimum Gasteiger partial charge on any atom is -0.367 e. The second kappa shape index (κ2) is 9.04. The molecule has 2 aromatic rings. The maximum absolute atomic E-state index is 12.5. The van der Waals surface area contributed by atoms with Crippen LogP contribution in [0.25, 0.3) is 0 Å². The Hall–Kier alpha value is -2.07. The van der Waals surface area contributed by atoms with Crippen LogP contribution in [0.1, 0.15) is 48.5 Å². The van der Waals surface area contributed by atoms with E-state index in [0.717, 1.165) is 35.7 Å². The number of nitrogens with zero attached hydrogens (tertiary/aromatic N) is 2. The number of rotatable bonds is 6. The minimum absolute atomic E-state index is 0.0774. The van der Waals surface area contributed by atoms with E-state index < -0.39 is 0 Å². The molecule has 1 saturated heterocycles. The number of carbonyl (C=O) groups is 1. The number of halogens is 1. The average molecular weight is 372 g/mol. The summed E-state index contributed by atoms with van der Waals surface area (Å²) in [6, 6.07) is 10.2. The van der Waals surface area contributed by atoms with Gasteiger partial charge in [-0.05, 0) is 55.9 Å². The van der Waals surface area contributed by atoms with Crippen LogP contribution in [-0.2, 0) is 6.42 Å². The minimum atomic E-state index is -0.0774. The third-order valence-electron chi connectivity index (χ3n) is 5.00. The van der Waals surface area contributed by atoms with Crippen molar-refractivity contribution in [3.05, 3.63) is 58.9 Å². The maximum atomic E-state index is 12.5. The number of piperidine rings is 1. The fourth-order valence-electron chi connectivity index (χ4n) is 3.59. The van der Waals surface area contributed by atoms with Crippen LogP contribution in [-0.4, -0.2) is 30.0 Å².